The van der Waals surface area contributed by atoms with E-state index in [-0.39, 0.29) is 5.60 Å². The van der Waals surface area contributed by atoms with E-state index >= 15 is 0 Å². The van der Waals surface area contributed by atoms with Gasteiger partial charge < -0.3 is 24.8 Å². The summed E-state index contributed by atoms with van der Waals surface area (Å²) in [5.74, 6) is 2.82. The molecule has 1 saturated heterocycles. The van der Waals surface area contributed by atoms with E-state index in [1.807, 2.05) is 36.4 Å². The highest BCUT2D eigenvalue weighted by molar-refractivity contribution is 5.79. The molecule has 156 valence electrons. The lowest BCUT2D eigenvalue weighted by Crippen LogP contribution is -2.45. The second kappa shape index (κ2) is 10.1. The van der Waals surface area contributed by atoms with Crippen molar-refractivity contribution in [3.63, 3.8) is 0 Å². The SMILES string of the molecule is CCNC(=NCc1ccc(Oc2ccc(OC)cc2)nc1)NCC1(C)CCCO1. The molecule has 3 rings (SSSR count). The van der Waals surface area contributed by atoms with Crippen LogP contribution in [0, 0.1) is 0 Å². The van der Waals surface area contributed by atoms with Crippen LogP contribution in [0.25, 0.3) is 0 Å². The molecular formula is C22H30N4O3. The normalized spacial score (nSPS) is 19.1. The van der Waals surface area contributed by atoms with Crippen LogP contribution >= 0.6 is 0 Å². The molecule has 0 amide bonds. The van der Waals surface area contributed by atoms with Crippen molar-refractivity contribution in [1.82, 2.24) is 15.6 Å². The molecule has 1 fully saturated rings. The van der Waals surface area contributed by atoms with Crippen LogP contribution in [-0.4, -0.2) is 43.4 Å². The highest BCUT2D eigenvalue weighted by Crippen LogP contribution is 2.24. The third-order valence-corrected chi connectivity index (χ3v) is 4.77. The summed E-state index contributed by atoms with van der Waals surface area (Å²) in [6.07, 6.45) is 3.97. The monoisotopic (exact) mass is 398 g/mol. The summed E-state index contributed by atoms with van der Waals surface area (Å²) in [5, 5.41) is 6.66. The van der Waals surface area contributed by atoms with E-state index in [0.29, 0.717) is 18.2 Å². The third kappa shape index (κ3) is 6.35. The van der Waals surface area contributed by atoms with Crippen LogP contribution in [0.4, 0.5) is 0 Å². The van der Waals surface area contributed by atoms with E-state index in [9.17, 15) is 0 Å². The zero-order valence-corrected chi connectivity index (χ0v) is 17.4. The van der Waals surface area contributed by atoms with Gasteiger partial charge in [0.15, 0.2) is 5.96 Å². The molecule has 29 heavy (non-hydrogen) atoms. The first-order valence-corrected chi connectivity index (χ1v) is 10.0. The fourth-order valence-corrected chi connectivity index (χ4v) is 3.09. The molecule has 7 nitrogen and oxygen atoms in total. The van der Waals surface area contributed by atoms with Crippen molar-refractivity contribution in [1.29, 1.82) is 0 Å². The van der Waals surface area contributed by atoms with Gasteiger partial charge in [-0.2, -0.15) is 0 Å². The number of nitrogens with zero attached hydrogens (tertiary/aromatic N) is 2. The Hall–Kier alpha value is -2.80. The van der Waals surface area contributed by atoms with Crippen LogP contribution in [0.2, 0.25) is 0 Å². The lowest BCUT2D eigenvalue weighted by Gasteiger charge is -2.24. The van der Waals surface area contributed by atoms with Gasteiger partial charge in [-0.05, 0) is 56.5 Å². The standard InChI is InChI=1S/C22H30N4O3/c1-4-23-21(26-16-22(2)12-5-13-28-22)25-15-17-6-11-20(24-14-17)29-19-9-7-18(27-3)8-10-19/h6-11,14H,4-5,12-13,15-16H2,1-3H3,(H2,23,25,26). The molecule has 1 unspecified atom stereocenters. The first-order valence-electron chi connectivity index (χ1n) is 10.0. The highest BCUT2D eigenvalue weighted by Gasteiger charge is 2.29. The Balaban J connectivity index is 1.54. The smallest absolute Gasteiger partial charge is 0.219 e. The minimum Gasteiger partial charge on any atom is -0.497 e. The zero-order valence-electron chi connectivity index (χ0n) is 17.4. The Morgan fingerprint density at radius 2 is 1.97 bits per heavy atom. The predicted octanol–water partition coefficient (Wildman–Crippen LogP) is 3.51. The number of rotatable bonds is 8. The van der Waals surface area contributed by atoms with E-state index in [1.165, 1.54) is 0 Å². The molecular weight excluding hydrogens is 368 g/mol. The molecule has 1 atom stereocenters. The van der Waals surface area contributed by atoms with Crippen LogP contribution in [0.1, 0.15) is 32.3 Å². The van der Waals surface area contributed by atoms with Crippen LogP contribution in [-0.2, 0) is 11.3 Å². The molecule has 2 aromatic rings. The number of aliphatic imine (C=N–C) groups is 1. The van der Waals surface area contributed by atoms with E-state index < -0.39 is 0 Å². The molecule has 2 heterocycles. The summed E-state index contributed by atoms with van der Waals surface area (Å²) in [4.78, 5) is 9.03. The van der Waals surface area contributed by atoms with E-state index in [4.69, 9.17) is 14.2 Å². The number of aromatic nitrogens is 1. The van der Waals surface area contributed by atoms with Gasteiger partial charge in [0.2, 0.25) is 5.88 Å². The van der Waals surface area contributed by atoms with Gasteiger partial charge in [-0.1, -0.05) is 6.07 Å². The molecule has 0 saturated carbocycles. The van der Waals surface area contributed by atoms with Crippen LogP contribution < -0.4 is 20.1 Å². The molecule has 1 aliphatic rings. The van der Waals surface area contributed by atoms with Gasteiger partial charge in [-0.3, -0.25) is 0 Å². The number of hydrogen-bond acceptors (Lipinski definition) is 5. The van der Waals surface area contributed by atoms with Crippen LogP contribution in [0.3, 0.4) is 0 Å². The van der Waals surface area contributed by atoms with E-state index in [0.717, 1.165) is 49.8 Å². The Bertz CT molecular complexity index is 785. The van der Waals surface area contributed by atoms with Gasteiger partial charge in [0.1, 0.15) is 11.5 Å². The van der Waals surface area contributed by atoms with Gasteiger partial charge in [-0.25, -0.2) is 9.98 Å². The van der Waals surface area contributed by atoms with Crippen molar-refractivity contribution in [3.8, 4) is 17.4 Å². The Labute approximate surface area is 172 Å². The van der Waals surface area contributed by atoms with Crippen molar-refractivity contribution in [2.75, 3.05) is 26.8 Å². The maximum atomic E-state index is 5.83. The Morgan fingerprint density at radius 3 is 2.59 bits per heavy atom. The number of ether oxygens (including phenoxy) is 3. The molecule has 0 spiro atoms. The Kier molecular flexibility index (Phi) is 7.30. The quantitative estimate of drug-likeness (QED) is 0.523. The molecule has 1 aromatic carbocycles. The van der Waals surface area contributed by atoms with E-state index in [2.05, 4.69) is 34.5 Å². The molecule has 0 bridgehead atoms. The second-order valence-electron chi connectivity index (χ2n) is 7.23. The number of methoxy groups -OCH3 is 1. The third-order valence-electron chi connectivity index (χ3n) is 4.77. The number of nitrogens with one attached hydrogen (secondary N) is 2. The molecule has 0 aliphatic carbocycles. The van der Waals surface area contributed by atoms with Crippen molar-refractivity contribution in [3.05, 3.63) is 48.2 Å². The summed E-state index contributed by atoms with van der Waals surface area (Å²) in [5.41, 5.74) is 0.894. The summed E-state index contributed by atoms with van der Waals surface area (Å²) in [6, 6.07) is 11.2. The molecule has 2 N–H and O–H groups in total. The Morgan fingerprint density at radius 1 is 1.17 bits per heavy atom. The summed E-state index contributed by atoms with van der Waals surface area (Å²) >= 11 is 0. The molecule has 1 aliphatic heterocycles. The van der Waals surface area contributed by atoms with Gasteiger partial charge in [0.05, 0.1) is 19.3 Å². The number of pyridine rings is 1. The minimum atomic E-state index is -0.113. The van der Waals surface area contributed by atoms with Crippen molar-refractivity contribution in [2.24, 2.45) is 4.99 Å². The highest BCUT2D eigenvalue weighted by atomic mass is 16.5. The number of benzene rings is 1. The number of guanidine groups is 1. The largest absolute Gasteiger partial charge is 0.497 e. The first-order chi connectivity index (χ1) is 14.1. The first kappa shape index (κ1) is 20.9. The topological polar surface area (TPSA) is 77.0 Å². The lowest BCUT2D eigenvalue weighted by atomic mass is 10.0. The second-order valence-corrected chi connectivity index (χ2v) is 7.23. The van der Waals surface area contributed by atoms with Gasteiger partial charge in [0.25, 0.3) is 0 Å². The molecule has 7 heteroatoms. The van der Waals surface area contributed by atoms with Crippen LogP contribution in [0.15, 0.2) is 47.6 Å². The maximum absolute atomic E-state index is 5.83. The fourth-order valence-electron chi connectivity index (χ4n) is 3.09. The molecule has 1 aromatic heterocycles. The number of hydrogen-bond donors (Lipinski definition) is 2. The van der Waals surface area contributed by atoms with Crippen molar-refractivity contribution in [2.45, 2.75) is 38.8 Å². The van der Waals surface area contributed by atoms with Crippen LogP contribution in [0.5, 0.6) is 17.4 Å². The summed E-state index contributed by atoms with van der Waals surface area (Å²) in [6.45, 7) is 7.10. The predicted molar refractivity (Wildman–Crippen MR) is 114 cm³/mol. The van der Waals surface area contributed by atoms with Crippen molar-refractivity contribution >= 4 is 5.96 Å². The summed E-state index contributed by atoms with van der Waals surface area (Å²) in [7, 11) is 1.64. The maximum Gasteiger partial charge on any atom is 0.219 e. The average Bonchev–Trinajstić information content (AvgIpc) is 3.18. The fraction of sp³-hybridized carbons (Fsp3) is 0.455. The summed E-state index contributed by atoms with van der Waals surface area (Å²) < 4.78 is 16.7. The average molecular weight is 399 g/mol. The van der Waals surface area contributed by atoms with E-state index in [1.54, 1.807) is 13.3 Å². The van der Waals surface area contributed by atoms with Gasteiger partial charge in [0, 0.05) is 32.0 Å². The minimum absolute atomic E-state index is 0.113. The van der Waals surface area contributed by atoms with Crippen molar-refractivity contribution < 1.29 is 14.2 Å². The van der Waals surface area contributed by atoms with Gasteiger partial charge >= 0.3 is 0 Å². The molecule has 0 radical (unpaired) electrons. The van der Waals surface area contributed by atoms with Gasteiger partial charge in [-0.15, -0.1) is 0 Å². The zero-order chi connectivity index (χ0) is 20.5. The lowest BCUT2D eigenvalue weighted by molar-refractivity contribution is 0.0243.